The Labute approximate surface area is 140 Å². The summed E-state index contributed by atoms with van der Waals surface area (Å²) in [4.78, 5) is 14.2. The molecule has 1 N–H and O–H groups in total. The molecule has 2 aromatic rings. The van der Waals surface area contributed by atoms with Gasteiger partial charge in [0.1, 0.15) is 5.82 Å². The van der Waals surface area contributed by atoms with E-state index < -0.39 is 11.7 Å². The van der Waals surface area contributed by atoms with Gasteiger partial charge in [0.25, 0.3) is 0 Å². The van der Waals surface area contributed by atoms with Gasteiger partial charge in [-0.1, -0.05) is 42.5 Å². The second-order valence-corrected chi connectivity index (χ2v) is 6.06. The van der Waals surface area contributed by atoms with Crippen LogP contribution in [0.1, 0.15) is 30.5 Å². The van der Waals surface area contributed by atoms with E-state index in [-0.39, 0.29) is 18.5 Å². The molecule has 126 valence electrons. The maximum Gasteiger partial charge on any atom is 0.411 e. The van der Waals surface area contributed by atoms with Gasteiger partial charge in [0.15, 0.2) is 5.60 Å². The van der Waals surface area contributed by atoms with Crippen molar-refractivity contribution in [1.82, 2.24) is 4.90 Å². The first-order chi connectivity index (χ1) is 11.6. The van der Waals surface area contributed by atoms with Crippen LogP contribution in [0, 0.1) is 5.82 Å². The number of halogens is 1. The highest BCUT2D eigenvalue weighted by molar-refractivity contribution is 5.70. The van der Waals surface area contributed by atoms with E-state index in [1.807, 2.05) is 37.3 Å². The first-order valence-electron chi connectivity index (χ1n) is 7.97. The largest absolute Gasteiger partial charge is 0.435 e. The van der Waals surface area contributed by atoms with Crippen LogP contribution >= 0.6 is 0 Å². The summed E-state index contributed by atoms with van der Waals surface area (Å²) in [6.45, 7) is 2.06. The SMILES string of the molecule is CC(c1ccccc1)N1CCC(CO)(c2ccc(F)cc2)OC1=O. The van der Waals surface area contributed by atoms with Crippen LogP contribution in [0.4, 0.5) is 9.18 Å². The molecule has 24 heavy (non-hydrogen) atoms. The van der Waals surface area contributed by atoms with Gasteiger partial charge >= 0.3 is 6.09 Å². The van der Waals surface area contributed by atoms with Crippen molar-refractivity contribution in [3.8, 4) is 0 Å². The van der Waals surface area contributed by atoms with E-state index in [9.17, 15) is 14.3 Å². The molecule has 3 rings (SSSR count). The third-order valence-electron chi connectivity index (χ3n) is 4.65. The number of amides is 1. The number of cyclic esters (lactones) is 1. The van der Waals surface area contributed by atoms with Crippen LogP contribution in [0.5, 0.6) is 0 Å². The molecule has 0 aliphatic carbocycles. The monoisotopic (exact) mass is 329 g/mol. The molecule has 0 saturated carbocycles. The van der Waals surface area contributed by atoms with Gasteiger partial charge in [-0.25, -0.2) is 9.18 Å². The highest BCUT2D eigenvalue weighted by Crippen LogP contribution is 2.36. The average Bonchev–Trinajstić information content (AvgIpc) is 2.62. The lowest BCUT2D eigenvalue weighted by molar-refractivity contribution is -0.0882. The Morgan fingerprint density at radius 2 is 1.88 bits per heavy atom. The Morgan fingerprint density at radius 1 is 1.21 bits per heavy atom. The number of nitrogens with zero attached hydrogens (tertiary/aromatic N) is 1. The van der Waals surface area contributed by atoms with E-state index in [1.54, 1.807) is 17.0 Å². The predicted octanol–water partition coefficient (Wildman–Crippen LogP) is 3.62. The normalized spacial score (nSPS) is 22.1. The molecule has 4 nitrogen and oxygen atoms in total. The van der Waals surface area contributed by atoms with Crippen molar-refractivity contribution in [1.29, 1.82) is 0 Å². The first-order valence-corrected chi connectivity index (χ1v) is 7.97. The van der Waals surface area contributed by atoms with Crippen LogP contribution in [-0.2, 0) is 10.3 Å². The number of carbonyl (C=O) groups is 1. The van der Waals surface area contributed by atoms with Gasteiger partial charge < -0.3 is 14.7 Å². The second-order valence-electron chi connectivity index (χ2n) is 6.06. The second kappa shape index (κ2) is 6.61. The summed E-state index contributed by atoms with van der Waals surface area (Å²) in [5.41, 5.74) is 0.511. The molecule has 1 saturated heterocycles. The van der Waals surface area contributed by atoms with Crippen molar-refractivity contribution in [2.24, 2.45) is 0 Å². The molecule has 1 heterocycles. The molecule has 0 aromatic heterocycles. The fraction of sp³-hybridized carbons (Fsp3) is 0.316. The molecule has 1 amide bonds. The van der Waals surface area contributed by atoms with Crippen molar-refractivity contribution >= 4 is 6.09 Å². The summed E-state index contributed by atoms with van der Waals surface area (Å²) in [5.74, 6) is -0.367. The van der Waals surface area contributed by atoms with Gasteiger partial charge in [-0.15, -0.1) is 0 Å². The molecule has 2 aromatic carbocycles. The summed E-state index contributed by atoms with van der Waals surface area (Å²) < 4.78 is 18.8. The topological polar surface area (TPSA) is 49.8 Å². The van der Waals surface area contributed by atoms with Crippen LogP contribution in [0.25, 0.3) is 0 Å². The fourth-order valence-corrected chi connectivity index (χ4v) is 3.09. The van der Waals surface area contributed by atoms with E-state index in [1.165, 1.54) is 12.1 Å². The van der Waals surface area contributed by atoms with Gasteiger partial charge in [0.2, 0.25) is 0 Å². The Balaban J connectivity index is 1.81. The standard InChI is InChI=1S/C19H20FNO3/c1-14(15-5-3-2-4-6-15)21-12-11-19(13-22,24-18(21)23)16-7-9-17(20)10-8-16/h2-10,14,22H,11-13H2,1H3. The number of benzene rings is 2. The van der Waals surface area contributed by atoms with E-state index in [4.69, 9.17) is 4.74 Å². The van der Waals surface area contributed by atoms with Crippen molar-refractivity contribution < 1.29 is 19.0 Å². The number of aliphatic hydroxyl groups excluding tert-OH is 1. The van der Waals surface area contributed by atoms with Gasteiger partial charge in [0.05, 0.1) is 12.6 Å². The van der Waals surface area contributed by atoms with Gasteiger partial charge in [-0.3, -0.25) is 0 Å². The molecule has 1 aliphatic heterocycles. The molecule has 1 fully saturated rings. The Kier molecular flexibility index (Phi) is 4.53. The Hall–Kier alpha value is -2.40. The summed E-state index contributed by atoms with van der Waals surface area (Å²) in [5, 5.41) is 9.83. The maximum atomic E-state index is 13.1. The minimum Gasteiger partial charge on any atom is -0.435 e. The minimum atomic E-state index is -1.11. The highest BCUT2D eigenvalue weighted by Gasteiger charge is 2.43. The molecule has 2 atom stereocenters. The third kappa shape index (κ3) is 2.99. The van der Waals surface area contributed by atoms with Crippen molar-refractivity contribution in [2.45, 2.75) is 25.0 Å². The van der Waals surface area contributed by atoms with Crippen LogP contribution in [-0.4, -0.2) is 29.3 Å². The zero-order chi connectivity index (χ0) is 17.2. The van der Waals surface area contributed by atoms with Crippen LogP contribution < -0.4 is 0 Å². The molecular weight excluding hydrogens is 309 g/mol. The summed E-state index contributed by atoms with van der Waals surface area (Å²) in [6, 6.07) is 15.3. The fourth-order valence-electron chi connectivity index (χ4n) is 3.09. The van der Waals surface area contributed by atoms with Gasteiger partial charge in [-0.2, -0.15) is 0 Å². The number of hydrogen-bond donors (Lipinski definition) is 1. The molecule has 1 aliphatic rings. The summed E-state index contributed by atoms with van der Waals surface area (Å²) in [6.07, 6.45) is -0.0334. The van der Waals surface area contributed by atoms with Crippen molar-refractivity contribution in [2.75, 3.05) is 13.2 Å². The number of rotatable bonds is 4. The van der Waals surface area contributed by atoms with Crippen LogP contribution in [0.15, 0.2) is 54.6 Å². The van der Waals surface area contributed by atoms with Crippen LogP contribution in [0.3, 0.4) is 0 Å². The van der Waals surface area contributed by atoms with E-state index >= 15 is 0 Å². The number of aliphatic hydroxyl groups is 1. The van der Waals surface area contributed by atoms with Gasteiger partial charge in [0, 0.05) is 13.0 Å². The van der Waals surface area contributed by atoms with Crippen LogP contribution in [0.2, 0.25) is 0 Å². The zero-order valence-corrected chi connectivity index (χ0v) is 13.5. The highest BCUT2D eigenvalue weighted by atomic mass is 19.1. The zero-order valence-electron chi connectivity index (χ0n) is 13.5. The molecule has 5 heteroatoms. The Morgan fingerprint density at radius 3 is 2.46 bits per heavy atom. The summed E-state index contributed by atoms with van der Waals surface area (Å²) >= 11 is 0. The lowest BCUT2D eigenvalue weighted by Gasteiger charge is -2.42. The molecule has 0 radical (unpaired) electrons. The lowest BCUT2D eigenvalue weighted by Crippen LogP contribution is -2.50. The van der Waals surface area contributed by atoms with E-state index in [0.29, 0.717) is 18.5 Å². The molecule has 2 unspecified atom stereocenters. The first kappa shape index (κ1) is 16.5. The third-order valence-corrected chi connectivity index (χ3v) is 4.65. The molecule has 0 spiro atoms. The quantitative estimate of drug-likeness (QED) is 0.932. The lowest BCUT2D eigenvalue weighted by atomic mass is 9.89. The smallest absolute Gasteiger partial charge is 0.411 e. The average molecular weight is 329 g/mol. The molecule has 0 bridgehead atoms. The summed E-state index contributed by atoms with van der Waals surface area (Å²) in [7, 11) is 0. The van der Waals surface area contributed by atoms with E-state index in [0.717, 1.165) is 5.56 Å². The van der Waals surface area contributed by atoms with Crippen molar-refractivity contribution in [3.63, 3.8) is 0 Å². The number of hydrogen-bond acceptors (Lipinski definition) is 3. The van der Waals surface area contributed by atoms with Gasteiger partial charge in [-0.05, 0) is 30.2 Å². The minimum absolute atomic E-state index is 0.122. The maximum absolute atomic E-state index is 13.1. The molecular formula is C19H20FNO3. The van der Waals surface area contributed by atoms with Crippen molar-refractivity contribution in [3.05, 3.63) is 71.5 Å². The number of ether oxygens (including phenoxy) is 1. The predicted molar refractivity (Wildman–Crippen MR) is 87.8 cm³/mol. The Bertz CT molecular complexity index is 704. The van der Waals surface area contributed by atoms with E-state index in [2.05, 4.69) is 0 Å². The number of carbonyl (C=O) groups excluding carboxylic acids is 1.